The van der Waals surface area contributed by atoms with Crippen LogP contribution in [0.1, 0.15) is 11.7 Å². The van der Waals surface area contributed by atoms with Crippen molar-refractivity contribution in [3.8, 4) is 5.75 Å². The lowest BCUT2D eigenvalue weighted by Gasteiger charge is -2.13. The van der Waals surface area contributed by atoms with Gasteiger partial charge in [-0.3, -0.25) is 0 Å². The van der Waals surface area contributed by atoms with Crippen LogP contribution in [0.15, 0.2) is 28.8 Å². The monoisotopic (exact) mass is 311 g/mol. The van der Waals surface area contributed by atoms with E-state index < -0.39 is 6.10 Å². The Morgan fingerprint density at radius 2 is 2.24 bits per heavy atom. The van der Waals surface area contributed by atoms with Gasteiger partial charge in [-0.15, -0.1) is 0 Å². The Morgan fingerprint density at radius 3 is 2.95 bits per heavy atom. The first-order valence-electron chi connectivity index (χ1n) is 6.70. The van der Waals surface area contributed by atoms with Crippen LogP contribution >= 0.6 is 11.6 Å². The highest BCUT2D eigenvalue weighted by molar-refractivity contribution is 6.32. The molecule has 0 amide bonds. The molecule has 21 heavy (non-hydrogen) atoms. The van der Waals surface area contributed by atoms with E-state index in [0.29, 0.717) is 42.0 Å². The van der Waals surface area contributed by atoms with E-state index in [2.05, 4.69) is 15.5 Å². The molecule has 1 unspecified atom stereocenters. The molecule has 0 aliphatic carbocycles. The van der Waals surface area contributed by atoms with Crippen molar-refractivity contribution in [2.24, 2.45) is 0 Å². The summed E-state index contributed by atoms with van der Waals surface area (Å²) in [5, 5.41) is 17.2. The number of rotatable bonds is 8. The number of hydrogen-bond acceptors (Lipinski definition) is 6. The first-order chi connectivity index (χ1) is 10.1. The molecule has 0 aliphatic rings. The Hall–Kier alpha value is -1.63. The first-order valence-corrected chi connectivity index (χ1v) is 7.08. The molecule has 2 N–H and O–H groups in total. The van der Waals surface area contributed by atoms with Crippen LogP contribution in [-0.4, -0.2) is 41.0 Å². The summed E-state index contributed by atoms with van der Waals surface area (Å²) in [5.41, 5.74) is 0. The number of hydrogen-bond donors (Lipinski definition) is 2. The third-order valence-electron chi connectivity index (χ3n) is 2.73. The topological polar surface area (TPSA) is 80.4 Å². The zero-order valence-electron chi connectivity index (χ0n) is 11.8. The molecular weight excluding hydrogens is 294 g/mol. The fourth-order valence-corrected chi connectivity index (χ4v) is 1.90. The average molecular weight is 312 g/mol. The molecule has 1 atom stereocenters. The van der Waals surface area contributed by atoms with Crippen molar-refractivity contribution in [2.75, 3.05) is 19.7 Å². The number of nitrogens with zero attached hydrogens (tertiary/aromatic N) is 2. The number of ether oxygens (including phenoxy) is 1. The van der Waals surface area contributed by atoms with Crippen LogP contribution in [0.25, 0.3) is 0 Å². The minimum absolute atomic E-state index is 0.177. The Balaban J connectivity index is 1.61. The number of para-hydroxylation sites is 1. The zero-order valence-corrected chi connectivity index (χ0v) is 12.5. The van der Waals surface area contributed by atoms with Crippen molar-refractivity contribution in [2.45, 2.75) is 19.4 Å². The van der Waals surface area contributed by atoms with E-state index in [0.717, 1.165) is 0 Å². The van der Waals surface area contributed by atoms with Crippen molar-refractivity contribution in [1.29, 1.82) is 0 Å². The Labute approximate surface area is 128 Å². The highest BCUT2D eigenvalue weighted by atomic mass is 35.5. The molecule has 0 spiro atoms. The van der Waals surface area contributed by atoms with Crippen molar-refractivity contribution in [1.82, 2.24) is 15.5 Å². The van der Waals surface area contributed by atoms with E-state index in [1.807, 2.05) is 12.1 Å². The second kappa shape index (κ2) is 7.97. The van der Waals surface area contributed by atoms with Gasteiger partial charge in [-0.05, 0) is 19.1 Å². The van der Waals surface area contributed by atoms with E-state index in [9.17, 15) is 5.11 Å². The van der Waals surface area contributed by atoms with Crippen LogP contribution in [0.3, 0.4) is 0 Å². The van der Waals surface area contributed by atoms with E-state index in [1.54, 1.807) is 19.1 Å². The van der Waals surface area contributed by atoms with Gasteiger partial charge in [0.1, 0.15) is 18.5 Å². The van der Waals surface area contributed by atoms with Crippen molar-refractivity contribution in [3.05, 3.63) is 41.0 Å². The predicted octanol–water partition coefficient (Wildman–Crippen LogP) is 1.60. The van der Waals surface area contributed by atoms with Gasteiger partial charge in [-0.2, -0.15) is 4.98 Å². The van der Waals surface area contributed by atoms with E-state index >= 15 is 0 Å². The van der Waals surface area contributed by atoms with Crippen LogP contribution in [0.4, 0.5) is 0 Å². The third kappa shape index (κ3) is 5.34. The molecule has 2 rings (SSSR count). The summed E-state index contributed by atoms with van der Waals surface area (Å²) >= 11 is 5.96. The van der Waals surface area contributed by atoms with Crippen LogP contribution in [0.2, 0.25) is 5.02 Å². The normalized spacial score (nSPS) is 12.3. The van der Waals surface area contributed by atoms with Gasteiger partial charge in [-0.1, -0.05) is 28.9 Å². The third-order valence-corrected chi connectivity index (χ3v) is 3.05. The highest BCUT2D eigenvalue weighted by Gasteiger charge is 2.07. The highest BCUT2D eigenvalue weighted by Crippen LogP contribution is 2.22. The molecule has 0 saturated carbocycles. The summed E-state index contributed by atoms with van der Waals surface area (Å²) in [6.07, 6.45) is 0.00421. The quantitative estimate of drug-likeness (QED) is 0.721. The molecule has 1 aromatic carbocycles. The lowest BCUT2D eigenvalue weighted by atomic mass is 10.3. The molecule has 1 heterocycles. The number of aryl methyl sites for hydroxylation is 1. The summed E-state index contributed by atoms with van der Waals surface area (Å²) in [7, 11) is 0. The van der Waals surface area contributed by atoms with Crippen molar-refractivity contribution in [3.63, 3.8) is 0 Å². The second-order valence-electron chi connectivity index (χ2n) is 4.58. The smallest absolute Gasteiger partial charge is 0.227 e. The fraction of sp³-hybridized carbons (Fsp3) is 0.429. The van der Waals surface area contributed by atoms with Crippen LogP contribution < -0.4 is 10.1 Å². The summed E-state index contributed by atoms with van der Waals surface area (Å²) in [5.74, 6) is 1.78. The second-order valence-corrected chi connectivity index (χ2v) is 4.99. The summed E-state index contributed by atoms with van der Waals surface area (Å²) in [4.78, 5) is 4.09. The number of aromatic nitrogens is 2. The Bertz CT molecular complexity index is 562. The van der Waals surface area contributed by atoms with E-state index in [-0.39, 0.29) is 6.61 Å². The summed E-state index contributed by atoms with van der Waals surface area (Å²) < 4.78 is 10.4. The predicted molar refractivity (Wildman–Crippen MR) is 78.6 cm³/mol. The molecule has 0 bridgehead atoms. The standard InChI is InChI=1S/C14H18ClN3O3/c1-10-17-14(21-18-10)6-7-16-8-11(19)9-20-13-5-3-2-4-12(13)15/h2-5,11,16,19H,6-9H2,1H3. The summed E-state index contributed by atoms with van der Waals surface area (Å²) in [6, 6.07) is 7.17. The lowest BCUT2D eigenvalue weighted by molar-refractivity contribution is 0.106. The average Bonchev–Trinajstić information content (AvgIpc) is 2.88. The molecule has 0 radical (unpaired) electrons. The number of aliphatic hydroxyl groups is 1. The molecule has 0 aliphatic heterocycles. The maximum atomic E-state index is 9.82. The van der Waals surface area contributed by atoms with Gasteiger partial charge < -0.3 is 19.7 Å². The van der Waals surface area contributed by atoms with Crippen molar-refractivity contribution < 1.29 is 14.4 Å². The molecule has 2 aromatic rings. The van der Waals surface area contributed by atoms with Gasteiger partial charge in [0.15, 0.2) is 5.82 Å². The largest absolute Gasteiger partial charge is 0.489 e. The Kier molecular flexibility index (Phi) is 5.98. The van der Waals surface area contributed by atoms with Gasteiger partial charge in [0.25, 0.3) is 0 Å². The van der Waals surface area contributed by atoms with Crippen LogP contribution in [0.5, 0.6) is 5.75 Å². The van der Waals surface area contributed by atoms with Crippen molar-refractivity contribution >= 4 is 11.6 Å². The van der Waals surface area contributed by atoms with Gasteiger partial charge in [0, 0.05) is 19.5 Å². The van der Waals surface area contributed by atoms with Gasteiger partial charge >= 0.3 is 0 Å². The molecule has 6 nitrogen and oxygen atoms in total. The van der Waals surface area contributed by atoms with E-state index in [1.165, 1.54) is 0 Å². The van der Waals surface area contributed by atoms with Crippen LogP contribution in [0, 0.1) is 6.92 Å². The minimum atomic E-state index is -0.620. The number of halogens is 1. The van der Waals surface area contributed by atoms with Crippen LogP contribution in [-0.2, 0) is 6.42 Å². The minimum Gasteiger partial charge on any atom is -0.489 e. The SMILES string of the molecule is Cc1noc(CCNCC(O)COc2ccccc2Cl)n1. The number of aliphatic hydroxyl groups excluding tert-OH is 1. The molecule has 0 saturated heterocycles. The molecular formula is C14H18ClN3O3. The molecule has 7 heteroatoms. The Morgan fingerprint density at radius 1 is 1.43 bits per heavy atom. The maximum Gasteiger partial charge on any atom is 0.227 e. The lowest BCUT2D eigenvalue weighted by Crippen LogP contribution is -2.32. The van der Waals surface area contributed by atoms with Gasteiger partial charge in [0.05, 0.1) is 5.02 Å². The van der Waals surface area contributed by atoms with E-state index in [4.69, 9.17) is 20.9 Å². The summed E-state index contributed by atoms with van der Waals surface area (Å²) in [6.45, 7) is 3.01. The fourth-order valence-electron chi connectivity index (χ4n) is 1.71. The van der Waals surface area contributed by atoms with Gasteiger partial charge in [0.2, 0.25) is 5.89 Å². The molecule has 114 valence electrons. The zero-order chi connectivity index (χ0) is 15.1. The first kappa shape index (κ1) is 15.8. The molecule has 1 aromatic heterocycles. The number of nitrogens with one attached hydrogen (secondary N) is 1. The number of benzene rings is 1. The maximum absolute atomic E-state index is 9.82. The molecule has 0 fully saturated rings. The van der Waals surface area contributed by atoms with Gasteiger partial charge in [-0.25, -0.2) is 0 Å².